The van der Waals surface area contributed by atoms with E-state index in [4.69, 9.17) is 26.8 Å². The molecule has 1 aliphatic carbocycles. The van der Waals surface area contributed by atoms with Gasteiger partial charge in [-0.1, -0.05) is 23.7 Å². The lowest BCUT2D eigenvalue weighted by Gasteiger charge is -2.39. The Hall–Kier alpha value is -2.47. The molecule has 0 atom stereocenters. The van der Waals surface area contributed by atoms with Gasteiger partial charge < -0.3 is 20.5 Å². The molecule has 1 saturated carbocycles. The maximum atomic E-state index is 15.0. The normalized spacial score (nSPS) is 24.7. The van der Waals surface area contributed by atoms with E-state index < -0.39 is 5.67 Å². The summed E-state index contributed by atoms with van der Waals surface area (Å²) in [7, 11) is 0. The van der Waals surface area contributed by atoms with Gasteiger partial charge in [-0.2, -0.15) is 0 Å². The lowest BCUT2D eigenvalue weighted by Crippen LogP contribution is -2.41. The van der Waals surface area contributed by atoms with Gasteiger partial charge in [0.15, 0.2) is 17.5 Å². The summed E-state index contributed by atoms with van der Waals surface area (Å²) in [5.74, 6) is 1.65. The molecule has 27 heavy (non-hydrogen) atoms. The minimum absolute atomic E-state index is 0.165. The molecule has 1 heterocycles. The number of ether oxygens (including phenoxy) is 2. The monoisotopic (exact) mass is 389 g/mol. The van der Waals surface area contributed by atoms with Crippen molar-refractivity contribution in [1.82, 2.24) is 0 Å². The molecule has 0 spiro atoms. The number of aliphatic imine (C=N–C) groups is 1. The first-order valence-corrected chi connectivity index (χ1v) is 9.35. The maximum absolute atomic E-state index is 15.0. The highest BCUT2D eigenvalue weighted by Crippen LogP contribution is 2.47. The van der Waals surface area contributed by atoms with Crippen molar-refractivity contribution in [2.75, 3.05) is 18.5 Å². The Bertz CT molecular complexity index is 868. The van der Waals surface area contributed by atoms with Gasteiger partial charge in [0, 0.05) is 36.0 Å². The second kappa shape index (κ2) is 7.27. The Morgan fingerprint density at radius 3 is 2.70 bits per heavy atom. The lowest BCUT2D eigenvalue weighted by atomic mass is 9.73. The fourth-order valence-electron chi connectivity index (χ4n) is 3.40. The number of hydrogen-bond donors (Lipinski definition) is 2. The van der Waals surface area contributed by atoms with E-state index in [0.717, 1.165) is 17.9 Å². The zero-order chi connectivity index (χ0) is 18.9. The Kier molecular flexibility index (Phi) is 4.83. The topological polar surface area (TPSA) is 68.9 Å². The minimum Gasteiger partial charge on any atom is -0.490 e. The van der Waals surface area contributed by atoms with Gasteiger partial charge in [-0.3, -0.25) is 0 Å². The van der Waals surface area contributed by atoms with Crippen LogP contribution in [0.25, 0.3) is 0 Å². The predicted octanol–water partition coefficient (Wildman–Crippen LogP) is 4.26. The third kappa shape index (κ3) is 3.95. The summed E-state index contributed by atoms with van der Waals surface area (Å²) < 4.78 is 26.2. The number of nitrogens with one attached hydrogen (secondary N) is 1. The number of fused-ring (bicyclic) bond motifs is 1. The summed E-state index contributed by atoms with van der Waals surface area (Å²) in [5, 5.41) is 3.57. The van der Waals surface area contributed by atoms with Crippen LogP contribution < -0.4 is 20.5 Å². The summed E-state index contributed by atoms with van der Waals surface area (Å²) in [6, 6.07) is 12.3. The van der Waals surface area contributed by atoms with Crippen LogP contribution in [0.3, 0.4) is 0 Å². The van der Waals surface area contributed by atoms with Crippen LogP contribution in [-0.2, 0) is 5.67 Å². The SMILES string of the molecule is NC(=NC1CC(F)(c2cccc(Cl)c2)C1)Nc1ccc2c(c1)OCCCO2. The second-order valence-corrected chi connectivity index (χ2v) is 7.33. The van der Waals surface area contributed by atoms with E-state index >= 15 is 0 Å². The quantitative estimate of drug-likeness (QED) is 0.608. The fourth-order valence-corrected chi connectivity index (χ4v) is 3.59. The van der Waals surface area contributed by atoms with Crippen molar-refractivity contribution in [3.63, 3.8) is 0 Å². The van der Waals surface area contributed by atoms with E-state index in [9.17, 15) is 4.39 Å². The van der Waals surface area contributed by atoms with E-state index in [1.54, 1.807) is 24.3 Å². The van der Waals surface area contributed by atoms with Crippen LogP contribution in [0.2, 0.25) is 5.02 Å². The molecule has 4 rings (SSSR count). The van der Waals surface area contributed by atoms with Crippen molar-refractivity contribution in [1.29, 1.82) is 0 Å². The lowest BCUT2D eigenvalue weighted by molar-refractivity contribution is 0.0415. The highest BCUT2D eigenvalue weighted by Gasteiger charge is 2.46. The number of guanidine groups is 1. The van der Waals surface area contributed by atoms with Crippen LogP contribution >= 0.6 is 11.6 Å². The van der Waals surface area contributed by atoms with E-state index in [1.165, 1.54) is 0 Å². The number of rotatable bonds is 3. The van der Waals surface area contributed by atoms with Crippen LogP contribution in [0.5, 0.6) is 11.5 Å². The van der Waals surface area contributed by atoms with Gasteiger partial charge in [-0.25, -0.2) is 9.38 Å². The number of halogens is 2. The molecule has 142 valence electrons. The molecule has 7 heteroatoms. The molecule has 2 aliphatic rings. The summed E-state index contributed by atoms with van der Waals surface area (Å²) in [4.78, 5) is 4.39. The van der Waals surface area contributed by atoms with E-state index in [2.05, 4.69) is 10.3 Å². The first kappa shape index (κ1) is 17.9. The van der Waals surface area contributed by atoms with Gasteiger partial charge >= 0.3 is 0 Å². The van der Waals surface area contributed by atoms with Crippen molar-refractivity contribution in [2.45, 2.75) is 31.0 Å². The molecule has 5 nitrogen and oxygen atoms in total. The minimum atomic E-state index is -1.39. The van der Waals surface area contributed by atoms with Crippen molar-refractivity contribution in [3.05, 3.63) is 53.1 Å². The number of benzene rings is 2. The first-order valence-electron chi connectivity index (χ1n) is 8.97. The molecule has 0 unspecified atom stereocenters. The number of nitrogens with two attached hydrogens (primary N) is 1. The summed E-state index contributed by atoms with van der Waals surface area (Å²) in [6.07, 6.45) is 1.42. The molecule has 0 bridgehead atoms. The number of anilines is 1. The number of hydrogen-bond acceptors (Lipinski definition) is 3. The highest BCUT2D eigenvalue weighted by atomic mass is 35.5. The van der Waals surface area contributed by atoms with Crippen LogP contribution in [0.1, 0.15) is 24.8 Å². The predicted molar refractivity (Wildman–Crippen MR) is 105 cm³/mol. The van der Waals surface area contributed by atoms with Crippen LogP contribution in [0, 0.1) is 0 Å². The van der Waals surface area contributed by atoms with Crippen molar-refractivity contribution in [3.8, 4) is 11.5 Å². The molecule has 1 aliphatic heterocycles. The standard InChI is InChI=1S/C20H21ClFN3O2/c21-14-4-1-3-13(9-14)20(22)11-16(12-20)25-19(23)24-15-5-6-17-18(10-15)27-8-2-7-26-17/h1,3-6,9-10,16H,2,7-8,11-12H2,(H3,23,24,25). The summed E-state index contributed by atoms with van der Waals surface area (Å²) in [6.45, 7) is 1.26. The van der Waals surface area contributed by atoms with Gasteiger partial charge in [0.25, 0.3) is 0 Å². The molecule has 2 aromatic rings. The van der Waals surface area contributed by atoms with Gasteiger partial charge in [-0.05, 0) is 29.8 Å². The van der Waals surface area contributed by atoms with Gasteiger partial charge in [0.05, 0.1) is 19.3 Å². The zero-order valence-corrected chi connectivity index (χ0v) is 15.5. The average Bonchev–Trinajstić information content (AvgIpc) is 2.85. The van der Waals surface area contributed by atoms with Crippen LogP contribution in [0.15, 0.2) is 47.5 Å². The Labute approximate surface area is 162 Å². The molecule has 3 N–H and O–H groups in total. The Morgan fingerprint density at radius 2 is 1.93 bits per heavy atom. The molecule has 0 radical (unpaired) electrons. The maximum Gasteiger partial charge on any atom is 0.193 e. The van der Waals surface area contributed by atoms with E-state index in [0.29, 0.717) is 29.5 Å². The van der Waals surface area contributed by atoms with Crippen molar-refractivity contribution in [2.24, 2.45) is 10.7 Å². The Morgan fingerprint density at radius 1 is 1.15 bits per heavy atom. The molecular weight excluding hydrogens is 369 g/mol. The molecule has 0 aromatic heterocycles. The summed E-state index contributed by atoms with van der Waals surface area (Å²) in [5.41, 5.74) is 5.95. The third-order valence-electron chi connectivity index (χ3n) is 4.80. The fraction of sp³-hybridized carbons (Fsp3) is 0.350. The molecule has 0 saturated heterocycles. The number of nitrogens with zero attached hydrogens (tertiary/aromatic N) is 1. The number of alkyl halides is 1. The van der Waals surface area contributed by atoms with Crippen LogP contribution in [-0.4, -0.2) is 25.2 Å². The smallest absolute Gasteiger partial charge is 0.193 e. The van der Waals surface area contributed by atoms with E-state index in [-0.39, 0.29) is 24.8 Å². The molecule has 0 amide bonds. The van der Waals surface area contributed by atoms with Crippen molar-refractivity contribution >= 4 is 23.2 Å². The van der Waals surface area contributed by atoms with Gasteiger partial charge in [-0.15, -0.1) is 0 Å². The van der Waals surface area contributed by atoms with E-state index in [1.807, 2.05) is 18.2 Å². The average molecular weight is 390 g/mol. The van der Waals surface area contributed by atoms with Crippen LogP contribution in [0.4, 0.5) is 10.1 Å². The van der Waals surface area contributed by atoms with Crippen molar-refractivity contribution < 1.29 is 13.9 Å². The third-order valence-corrected chi connectivity index (χ3v) is 5.04. The zero-order valence-electron chi connectivity index (χ0n) is 14.8. The summed E-state index contributed by atoms with van der Waals surface area (Å²) >= 11 is 5.96. The second-order valence-electron chi connectivity index (χ2n) is 6.89. The molecular formula is C20H21ClFN3O2. The van der Waals surface area contributed by atoms with Gasteiger partial charge in [0.2, 0.25) is 0 Å². The van der Waals surface area contributed by atoms with Gasteiger partial charge in [0.1, 0.15) is 5.67 Å². The largest absolute Gasteiger partial charge is 0.490 e. The molecule has 2 aromatic carbocycles. The first-order chi connectivity index (χ1) is 13.0. The molecule has 1 fully saturated rings. The Balaban J connectivity index is 1.39. The highest BCUT2D eigenvalue weighted by molar-refractivity contribution is 6.30.